The first kappa shape index (κ1) is 20.0. The second-order valence-corrected chi connectivity index (χ2v) is 7.10. The van der Waals surface area contributed by atoms with Crippen molar-refractivity contribution in [2.75, 3.05) is 32.6 Å². The van der Waals surface area contributed by atoms with Crippen LogP contribution in [0.15, 0.2) is 42.5 Å². The van der Waals surface area contributed by atoms with Gasteiger partial charge in [-0.3, -0.25) is 9.59 Å². The Morgan fingerprint density at radius 2 is 1.57 bits per heavy atom. The quantitative estimate of drug-likeness (QED) is 0.824. The van der Waals surface area contributed by atoms with Crippen molar-refractivity contribution in [1.82, 2.24) is 4.90 Å². The Balaban J connectivity index is 1.58. The van der Waals surface area contributed by atoms with E-state index in [-0.39, 0.29) is 17.7 Å². The smallest absolute Gasteiger partial charge is 0.253 e. The number of amides is 2. The van der Waals surface area contributed by atoms with E-state index in [1.54, 1.807) is 61.6 Å². The van der Waals surface area contributed by atoms with Gasteiger partial charge in [0.1, 0.15) is 11.5 Å². The van der Waals surface area contributed by atoms with Gasteiger partial charge in [-0.2, -0.15) is 0 Å². The number of likely N-dealkylation sites (tertiary alicyclic amines) is 1. The number of hydrogen-bond donors (Lipinski definition) is 1. The third-order valence-electron chi connectivity index (χ3n) is 4.86. The Morgan fingerprint density at radius 1 is 1.00 bits per heavy atom. The highest BCUT2D eigenvalue weighted by Crippen LogP contribution is 2.27. The van der Waals surface area contributed by atoms with E-state index in [2.05, 4.69) is 5.32 Å². The summed E-state index contributed by atoms with van der Waals surface area (Å²) in [6.07, 6.45) is 1.23. The van der Waals surface area contributed by atoms with Gasteiger partial charge < -0.3 is 19.7 Å². The van der Waals surface area contributed by atoms with Crippen LogP contribution in [0.4, 0.5) is 5.69 Å². The molecule has 6 nitrogen and oxygen atoms in total. The molecule has 1 saturated heterocycles. The van der Waals surface area contributed by atoms with Gasteiger partial charge in [0.15, 0.2) is 0 Å². The van der Waals surface area contributed by atoms with E-state index in [0.717, 1.165) is 0 Å². The third-order valence-corrected chi connectivity index (χ3v) is 5.12. The van der Waals surface area contributed by atoms with Crippen LogP contribution in [0.2, 0.25) is 5.02 Å². The predicted molar refractivity (Wildman–Crippen MR) is 108 cm³/mol. The summed E-state index contributed by atoms with van der Waals surface area (Å²) in [5, 5.41) is 3.52. The molecule has 1 aliphatic rings. The molecule has 0 aromatic heterocycles. The van der Waals surface area contributed by atoms with Crippen molar-refractivity contribution in [3.05, 3.63) is 53.1 Å². The molecular weight excluding hydrogens is 380 g/mol. The number of carbonyl (C=O) groups excluding carboxylic acids is 2. The Labute approximate surface area is 169 Å². The summed E-state index contributed by atoms with van der Waals surface area (Å²) in [4.78, 5) is 27.0. The number of hydrogen-bond acceptors (Lipinski definition) is 4. The summed E-state index contributed by atoms with van der Waals surface area (Å²) in [6, 6.07) is 12.1. The van der Waals surface area contributed by atoms with Gasteiger partial charge in [0.25, 0.3) is 5.91 Å². The van der Waals surface area contributed by atoms with E-state index < -0.39 is 0 Å². The minimum absolute atomic E-state index is 0.0342. The van der Waals surface area contributed by atoms with Gasteiger partial charge in [-0.25, -0.2) is 0 Å². The van der Waals surface area contributed by atoms with Crippen LogP contribution in [-0.2, 0) is 4.79 Å². The molecule has 0 unspecified atom stereocenters. The lowest BCUT2D eigenvalue weighted by molar-refractivity contribution is -0.121. The summed E-state index contributed by atoms with van der Waals surface area (Å²) in [7, 11) is 3.13. The lowest BCUT2D eigenvalue weighted by Gasteiger charge is -2.31. The summed E-state index contributed by atoms with van der Waals surface area (Å²) in [5.74, 6) is 0.976. The number of anilines is 1. The van der Waals surface area contributed by atoms with Crippen molar-refractivity contribution in [2.24, 2.45) is 5.92 Å². The first-order valence-corrected chi connectivity index (χ1v) is 9.46. The maximum absolute atomic E-state index is 12.6. The van der Waals surface area contributed by atoms with Crippen LogP contribution in [0, 0.1) is 5.92 Å². The molecule has 0 spiro atoms. The summed E-state index contributed by atoms with van der Waals surface area (Å²) < 4.78 is 10.5. The van der Waals surface area contributed by atoms with Crippen molar-refractivity contribution < 1.29 is 19.1 Å². The predicted octanol–water partition coefficient (Wildman–Crippen LogP) is 3.85. The molecule has 28 heavy (non-hydrogen) atoms. The molecule has 2 aromatic carbocycles. The van der Waals surface area contributed by atoms with Crippen molar-refractivity contribution in [3.8, 4) is 11.5 Å². The normalized spacial score (nSPS) is 14.5. The van der Waals surface area contributed by atoms with Gasteiger partial charge in [-0.1, -0.05) is 11.6 Å². The number of piperidine rings is 1. The van der Waals surface area contributed by atoms with E-state index >= 15 is 0 Å². The number of rotatable bonds is 5. The van der Waals surface area contributed by atoms with E-state index in [9.17, 15) is 9.59 Å². The molecule has 0 bridgehead atoms. The highest BCUT2D eigenvalue weighted by atomic mass is 35.5. The standard InChI is InChI=1S/C21H23ClN2O4/c1-27-18-11-17(12-19(13-18)28-2)23-20(25)14-7-9-24(10-8-14)21(26)15-3-5-16(22)6-4-15/h3-6,11-14H,7-10H2,1-2H3,(H,23,25). The molecule has 0 radical (unpaired) electrons. The highest BCUT2D eigenvalue weighted by Gasteiger charge is 2.28. The first-order chi connectivity index (χ1) is 13.5. The zero-order valence-corrected chi connectivity index (χ0v) is 16.7. The summed E-state index contributed by atoms with van der Waals surface area (Å²) in [6.45, 7) is 1.09. The van der Waals surface area contributed by atoms with E-state index in [4.69, 9.17) is 21.1 Å². The summed E-state index contributed by atoms with van der Waals surface area (Å²) in [5.41, 5.74) is 1.23. The second-order valence-electron chi connectivity index (χ2n) is 6.66. The van der Waals surface area contributed by atoms with Crippen LogP contribution in [0.1, 0.15) is 23.2 Å². The first-order valence-electron chi connectivity index (χ1n) is 9.09. The molecule has 1 aliphatic heterocycles. The van der Waals surface area contributed by atoms with Crippen LogP contribution in [0.25, 0.3) is 0 Å². The molecule has 0 atom stereocenters. The minimum atomic E-state index is -0.147. The lowest BCUT2D eigenvalue weighted by Crippen LogP contribution is -2.41. The second kappa shape index (κ2) is 8.97. The molecule has 3 rings (SSSR count). The Morgan fingerprint density at radius 3 is 2.11 bits per heavy atom. The molecule has 7 heteroatoms. The molecule has 148 valence electrons. The topological polar surface area (TPSA) is 67.9 Å². The van der Waals surface area contributed by atoms with Crippen molar-refractivity contribution in [2.45, 2.75) is 12.8 Å². The van der Waals surface area contributed by atoms with Crippen LogP contribution in [0.5, 0.6) is 11.5 Å². The van der Waals surface area contributed by atoms with Gasteiger partial charge >= 0.3 is 0 Å². The molecule has 2 aromatic rings. The van der Waals surface area contributed by atoms with Gasteiger partial charge in [0, 0.05) is 53.5 Å². The number of ether oxygens (including phenoxy) is 2. The molecule has 0 aliphatic carbocycles. The van der Waals surface area contributed by atoms with E-state index in [1.807, 2.05) is 0 Å². The zero-order valence-electron chi connectivity index (χ0n) is 15.9. The zero-order chi connectivity index (χ0) is 20.1. The molecule has 0 saturated carbocycles. The van der Waals surface area contributed by atoms with E-state index in [1.165, 1.54) is 0 Å². The van der Waals surface area contributed by atoms with Crippen LogP contribution < -0.4 is 14.8 Å². The van der Waals surface area contributed by atoms with E-state index in [0.29, 0.717) is 53.7 Å². The number of methoxy groups -OCH3 is 2. The number of nitrogens with zero attached hydrogens (tertiary/aromatic N) is 1. The highest BCUT2D eigenvalue weighted by molar-refractivity contribution is 6.30. The summed E-state index contributed by atoms with van der Waals surface area (Å²) >= 11 is 5.88. The average molecular weight is 403 g/mol. The molecule has 1 N–H and O–H groups in total. The number of nitrogens with one attached hydrogen (secondary N) is 1. The fraction of sp³-hybridized carbons (Fsp3) is 0.333. The molecule has 1 fully saturated rings. The SMILES string of the molecule is COc1cc(NC(=O)C2CCN(C(=O)c3ccc(Cl)cc3)CC2)cc(OC)c1. The number of carbonyl (C=O) groups is 2. The largest absolute Gasteiger partial charge is 0.497 e. The minimum Gasteiger partial charge on any atom is -0.497 e. The van der Waals surface area contributed by atoms with Crippen LogP contribution >= 0.6 is 11.6 Å². The van der Waals surface area contributed by atoms with Gasteiger partial charge in [0.2, 0.25) is 5.91 Å². The van der Waals surface area contributed by atoms with Crippen molar-refractivity contribution in [3.63, 3.8) is 0 Å². The van der Waals surface area contributed by atoms with Gasteiger partial charge in [-0.15, -0.1) is 0 Å². The maximum atomic E-state index is 12.6. The fourth-order valence-electron chi connectivity index (χ4n) is 3.24. The maximum Gasteiger partial charge on any atom is 0.253 e. The van der Waals surface area contributed by atoms with Crippen LogP contribution in [0.3, 0.4) is 0 Å². The number of benzene rings is 2. The monoisotopic (exact) mass is 402 g/mol. The van der Waals surface area contributed by atoms with Crippen molar-refractivity contribution in [1.29, 1.82) is 0 Å². The lowest BCUT2D eigenvalue weighted by atomic mass is 9.95. The molecular formula is C21H23ClN2O4. The van der Waals surface area contributed by atoms with Gasteiger partial charge in [0.05, 0.1) is 14.2 Å². The Hall–Kier alpha value is -2.73. The third kappa shape index (κ3) is 4.75. The fourth-order valence-corrected chi connectivity index (χ4v) is 3.37. The van der Waals surface area contributed by atoms with Gasteiger partial charge in [-0.05, 0) is 37.1 Å². The average Bonchev–Trinajstić information content (AvgIpc) is 2.73. The molecule has 2 amide bonds. The van der Waals surface area contributed by atoms with Crippen LogP contribution in [-0.4, -0.2) is 44.0 Å². The van der Waals surface area contributed by atoms with Crippen molar-refractivity contribution >= 4 is 29.1 Å². The molecule has 1 heterocycles. The Kier molecular flexibility index (Phi) is 6.41. The number of halogens is 1. The Bertz CT molecular complexity index is 824.